The van der Waals surface area contributed by atoms with E-state index < -0.39 is 15.8 Å². The standard InChI is InChI=1S/C17H22N2O6S/c1-12(20)19(15-7-9-26(23,24)11-15)8-6-16(21)18-14-5-3-4-13(10-14)17(22)25-2/h3-5,10,15H,6-9,11H2,1-2H3,(H,18,21). The largest absolute Gasteiger partial charge is 0.465 e. The molecule has 1 unspecified atom stereocenters. The summed E-state index contributed by atoms with van der Waals surface area (Å²) >= 11 is 0. The van der Waals surface area contributed by atoms with Crippen LogP contribution in [-0.4, -0.2) is 62.3 Å². The highest BCUT2D eigenvalue weighted by atomic mass is 32.2. The molecule has 1 N–H and O–H groups in total. The van der Waals surface area contributed by atoms with Gasteiger partial charge in [-0.3, -0.25) is 9.59 Å². The van der Waals surface area contributed by atoms with Crippen LogP contribution < -0.4 is 5.32 Å². The second kappa shape index (κ2) is 8.31. The fourth-order valence-corrected chi connectivity index (χ4v) is 4.64. The minimum atomic E-state index is -3.11. The first-order chi connectivity index (χ1) is 12.2. The topological polar surface area (TPSA) is 110 Å². The van der Waals surface area contributed by atoms with Gasteiger partial charge in [-0.15, -0.1) is 0 Å². The number of anilines is 1. The number of esters is 1. The number of sulfone groups is 1. The Morgan fingerprint density at radius 2 is 2.04 bits per heavy atom. The van der Waals surface area contributed by atoms with Gasteiger partial charge in [0.1, 0.15) is 0 Å². The summed E-state index contributed by atoms with van der Waals surface area (Å²) in [6.45, 7) is 1.50. The monoisotopic (exact) mass is 382 g/mol. The van der Waals surface area contributed by atoms with Gasteiger partial charge in [0, 0.05) is 31.6 Å². The number of ether oxygens (including phenoxy) is 1. The molecule has 1 heterocycles. The average Bonchev–Trinajstić information content (AvgIpc) is 2.93. The number of nitrogens with zero attached hydrogens (tertiary/aromatic N) is 1. The number of amides is 2. The lowest BCUT2D eigenvalue weighted by atomic mass is 10.2. The average molecular weight is 382 g/mol. The molecule has 0 saturated carbocycles. The maximum absolute atomic E-state index is 12.1. The highest BCUT2D eigenvalue weighted by molar-refractivity contribution is 7.91. The van der Waals surface area contributed by atoms with E-state index in [4.69, 9.17) is 0 Å². The fraction of sp³-hybridized carbons (Fsp3) is 0.471. The molecule has 1 aliphatic heterocycles. The van der Waals surface area contributed by atoms with Crippen LogP contribution in [0.15, 0.2) is 24.3 Å². The Kier molecular flexibility index (Phi) is 6.36. The van der Waals surface area contributed by atoms with Crippen molar-refractivity contribution in [3.05, 3.63) is 29.8 Å². The second-order valence-corrected chi connectivity index (χ2v) is 8.37. The van der Waals surface area contributed by atoms with E-state index in [9.17, 15) is 22.8 Å². The van der Waals surface area contributed by atoms with Gasteiger partial charge in [-0.1, -0.05) is 6.07 Å². The molecule has 0 spiro atoms. The molecular weight excluding hydrogens is 360 g/mol. The zero-order chi connectivity index (χ0) is 19.3. The first kappa shape index (κ1) is 19.9. The number of hydrogen-bond acceptors (Lipinski definition) is 6. The quantitative estimate of drug-likeness (QED) is 0.730. The Morgan fingerprint density at radius 3 is 2.62 bits per heavy atom. The number of nitrogens with one attached hydrogen (secondary N) is 1. The van der Waals surface area contributed by atoms with Crippen LogP contribution in [-0.2, 0) is 24.2 Å². The summed E-state index contributed by atoms with van der Waals surface area (Å²) in [6.07, 6.45) is 0.420. The Labute approximate surface area is 152 Å². The van der Waals surface area contributed by atoms with Gasteiger partial charge in [-0.05, 0) is 24.6 Å². The number of rotatable bonds is 6. The minimum absolute atomic E-state index is 0.0264. The van der Waals surface area contributed by atoms with Crippen LogP contribution in [0, 0.1) is 0 Å². The summed E-state index contributed by atoms with van der Waals surface area (Å²) in [6, 6.07) is 5.94. The molecule has 1 saturated heterocycles. The van der Waals surface area contributed by atoms with E-state index in [0.29, 0.717) is 17.7 Å². The van der Waals surface area contributed by atoms with Crippen molar-refractivity contribution in [1.29, 1.82) is 0 Å². The van der Waals surface area contributed by atoms with Gasteiger partial charge < -0.3 is 15.0 Å². The van der Waals surface area contributed by atoms with Crippen molar-refractivity contribution in [3.63, 3.8) is 0 Å². The predicted octanol–water partition coefficient (Wildman–Crippen LogP) is 0.837. The Bertz CT molecular complexity index is 805. The third kappa shape index (κ3) is 5.29. The van der Waals surface area contributed by atoms with Gasteiger partial charge in [-0.2, -0.15) is 0 Å². The lowest BCUT2D eigenvalue weighted by molar-refractivity contribution is -0.131. The van der Waals surface area contributed by atoms with Crippen LogP contribution in [0.5, 0.6) is 0 Å². The number of carbonyl (C=O) groups excluding carboxylic acids is 3. The van der Waals surface area contributed by atoms with Gasteiger partial charge in [0.05, 0.1) is 24.2 Å². The minimum Gasteiger partial charge on any atom is -0.465 e. The summed E-state index contributed by atoms with van der Waals surface area (Å²) in [7, 11) is -1.84. The molecule has 1 fully saturated rings. The van der Waals surface area contributed by atoms with Crippen LogP contribution in [0.2, 0.25) is 0 Å². The molecule has 142 valence electrons. The van der Waals surface area contributed by atoms with Crippen molar-refractivity contribution in [1.82, 2.24) is 4.90 Å². The van der Waals surface area contributed by atoms with Crippen LogP contribution >= 0.6 is 0 Å². The smallest absolute Gasteiger partial charge is 0.337 e. The molecule has 9 heteroatoms. The summed E-state index contributed by atoms with van der Waals surface area (Å²) in [5.74, 6) is -1.10. The highest BCUT2D eigenvalue weighted by Gasteiger charge is 2.33. The van der Waals surface area contributed by atoms with Gasteiger partial charge in [0.2, 0.25) is 11.8 Å². The van der Waals surface area contributed by atoms with Crippen LogP contribution in [0.25, 0.3) is 0 Å². The van der Waals surface area contributed by atoms with Crippen molar-refractivity contribution >= 4 is 33.3 Å². The molecule has 2 amide bonds. The number of methoxy groups -OCH3 is 1. The maximum Gasteiger partial charge on any atom is 0.337 e. The lowest BCUT2D eigenvalue weighted by Crippen LogP contribution is -2.41. The zero-order valence-corrected chi connectivity index (χ0v) is 15.5. The molecule has 0 aliphatic carbocycles. The fourth-order valence-electron chi connectivity index (χ4n) is 2.91. The first-order valence-corrected chi connectivity index (χ1v) is 10.00. The molecule has 26 heavy (non-hydrogen) atoms. The third-order valence-electron chi connectivity index (χ3n) is 4.20. The Balaban J connectivity index is 1.94. The van der Waals surface area contributed by atoms with Crippen LogP contribution in [0.4, 0.5) is 5.69 Å². The Morgan fingerprint density at radius 1 is 1.31 bits per heavy atom. The van der Waals surface area contributed by atoms with E-state index >= 15 is 0 Å². The second-order valence-electron chi connectivity index (χ2n) is 6.14. The molecule has 0 aromatic heterocycles. The molecule has 1 aromatic carbocycles. The third-order valence-corrected chi connectivity index (χ3v) is 5.95. The van der Waals surface area contributed by atoms with E-state index in [0.717, 1.165) is 0 Å². The van der Waals surface area contributed by atoms with E-state index in [1.807, 2.05) is 0 Å². The Hall–Kier alpha value is -2.42. The normalized spacial score (nSPS) is 18.2. The molecule has 0 radical (unpaired) electrons. The van der Waals surface area contributed by atoms with Crippen molar-refractivity contribution in [2.24, 2.45) is 0 Å². The number of benzene rings is 1. The zero-order valence-electron chi connectivity index (χ0n) is 14.7. The summed E-state index contributed by atoms with van der Waals surface area (Å²) < 4.78 is 27.8. The van der Waals surface area contributed by atoms with Crippen molar-refractivity contribution in [2.45, 2.75) is 25.8 Å². The van der Waals surface area contributed by atoms with E-state index in [2.05, 4.69) is 10.1 Å². The molecule has 1 aliphatic rings. The number of hydrogen-bond donors (Lipinski definition) is 1. The predicted molar refractivity (Wildman–Crippen MR) is 95.5 cm³/mol. The molecule has 2 rings (SSSR count). The van der Waals surface area contributed by atoms with Gasteiger partial charge in [0.25, 0.3) is 0 Å². The summed E-state index contributed by atoms with van der Waals surface area (Å²) in [4.78, 5) is 36.9. The summed E-state index contributed by atoms with van der Waals surface area (Å²) in [5, 5.41) is 2.66. The molecule has 1 atom stereocenters. The maximum atomic E-state index is 12.1. The van der Waals surface area contributed by atoms with E-state index in [1.165, 1.54) is 25.0 Å². The molecule has 8 nitrogen and oxygen atoms in total. The molecular formula is C17H22N2O6S. The van der Waals surface area contributed by atoms with Crippen molar-refractivity contribution in [2.75, 3.05) is 30.5 Å². The highest BCUT2D eigenvalue weighted by Crippen LogP contribution is 2.18. The van der Waals surface area contributed by atoms with Gasteiger partial charge in [0.15, 0.2) is 9.84 Å². The number of carbonyl (C=O) groups is 3. The lowest BCUT2D eigenvalue weighted by Gasteiger charge is -2.26. The molecule has 0 bridgehead atoms. The SMILES string of the molecule is COC(=O)c1cccc(NC(=O)CCN(C(C)=O)C2CCS(=O)(=O)C2)c1. The van der Waals surface area contributed by atoms with Crippen LogP contribution in [0.3, 0.4) is 0 Å². The molecule has 1 aromatic rings. The van der Waals surface area contributed by atoms with Crippen LogP contribution in [0.1, 0.15) is 30.1 Å². The van der Waals surface area contributed by atoms with E-state index in [1.54, 1.807) is 18.2 Å². The van der Waals surface area contributed by atoms with E-state index in [-0.39, 0.29) is 42.3 Å². The van der Waals surface area contributed by atoms with Crippen molar-refractivity contribution in [3.8, 4) is 0 Å². The first-order valence-electron chi connectivity index (χ1n) is 8.17. The van der Waals surface area contributed by atoms with Gasteiger partial charge >= 0.3 is 5.97 Å². The summed E-state index contributed by atoms with van der Waals surface area (Å²) in [5.41, 5.74) is 0.752. The van der Waals surface area contributed by atoms with Crippen molar-refractivity contribution < 1.29 is 27.5 Å². The van der Waals surface area contributed by atoms with Gasteiger partial charge in [-0.25, -0.2) is 13.2 Å².